The third-order valence-electron chi connectivity index (χ3n) is 4.48. The molecule has 122 valence electrons. The van der Waals surface area contributed by atoms with E-state index in [-0.39, 0.29) is 0 Å². The van der Waals surface area contributed by atoms with Crippen molar-refractivity contribution >= 4 is 0 Å². The maximum atomic E-state index is 2.48. The monoisotopic (exact) mass is 282 g/mol. The minimum Gasteiger partial charge on any atom is -0.0625 e. The quantitative estimate of drug-likeness (QED) is 0.464. The Kier molecular flexibility index (Phi) is 7.85. The number of hydrogen-bond acceptors (Lipinski definition) is 0. The van der Waals surface area contributed by atoms with Gasteiger partial charge in [0, 0.05) is 0 Å². The topological polar surface area (TPSA) is 0 Å². The van der Waals surface area contributed by atoms with Gasteiger partial charge in [0.1, 0.15) is 0 Å². The SMILES string of the molecule is CC(CCC(C(C)C)C(C)CC(C)(C)C)CC(C)(C)C. The molecular weight excluding hydrogens is 240 g/mol. The van der Waals surface area contributed by atoms with Crippen LogP contribution in [-0.4, -0.2) is 0 Å². The molecule has 0 aromatic rings. The van der Waals surface area contributed by atoms with Gasteiger partial charge in [0.05, 0.1) is 0 Å². The first kappa shape index (κ1) is 20.0. The first-order chi connectivity index (χ1) is 8.82. The summed E-state index contributed by atoms with van der Waals surface area (Å²) in [5.74, 6) is 3.40. The van der Waals surface area contributed by atoms with Crippen molar-refractivity contribution in [3.8, 4) is 0 Å². The van der Waals surface area contributed by atoms with Gasteiger partial charge in [-0.1, -0.05) is 75.7 Å². The molecule has 0 saturated heterocycles. The molecule has 0 aliphatic rings. The lowest BCUT2D eigenvalue weighted by Gasteiger charge is -2.33. The molecule has 3 atom stereocenters. The molecule has 0 rings (SSSR count). The summed E-state index contributed by atoms with van der Waals surface area (Å²) in [5.41, 5.74) is 0.938. The van der Waals surface area contributed by atoms with E-state index in [0.717, 1.165) is 23.7 Å². The maximum Gasteiger partial charge on any atom is -0.0365 e. The van der Waals surface area contributed by atoms with Gasteiger partial charge in [0.2, 0.25) is 0 Å². The van der Waals surface area contributed by atoms with Gasteiger partial charge in [0.25, 0.3) is 0 Å². The molecule has 0 aliphatic carbocycles. The fourth-order valence-corrected chi connectivity index (χ4v) is 4.02. The van der Waals surface area contributed by atoms with Crippen molar-refractivity contribution in [2.45, 2.75) is 94.9 Å². The molecule has 0 heteroatoms. The zero-order valence-corrected chi connectivity index (χ0v) is 16.1. The van der Waals surface area contributed by atoms with E-state index in [1.165, 1.54) is 25.7 Å². The van der Waals surface area contributed by atoms with Gasteiger partial charge in [-0.2, -0.15) is 0 Å². The molecule has 0 aromatic heterocycles. The van der Waals surface area contributed by atoms with Crippen LogP contribution in [0.4, 0.5) is 0 Å². The number of rotatable bonds is 7. The molecule has 3 unspecified atom stereocenters. The van der Waals surface area contributed by atoms with Crippen molar-refractivity contribution in [1.29, 1.82) is 0 Å². The van der Waals surface area contributed by atoms with Crippen LogP contribution in [0.3, 0.4) is 0 Å². The largest absolute Gasteiger partial charge is 0.0625 e. The average molecular weight is 283 g/mol. The first-order valence-electron chi connectivity index (χ1n) is 8.82. The Bertz CT molecular complexity index is 248. The van der Waals surface area contributed by atoms with E-state index >= 15 is 0 Å². The Balaban J connectivity index is 4.42. The smallest absolute Gasteiger partial charge is 0.0365 e. The summed E-state index contributed by atoms with van der Waals surface area (Å²) in [6, 6.07) is 0. The minimum atomic E-state index is 0.462. The molecule has 20 heavy (non-hydrogen) atoms. The van der Waals surface area contributed by atoms with Crippen LogP contribution in [0.5, 0.6) is 0 Å². The molecule has 0 bridgehead atoms. The molecule has 0 radical (unpaired) electrons. The van der Waals surface area contributed by atoms with Crippen LogP contribution in [0.15, 0.2) is 0 Å². The van der Waals surface area contributed by atoms with Gasteiger partial charge >= 0.3 is 0 Å². The van der Waals surface area contributed by atoms with Crippen LogP contribution in [-0.2, 0) is 0 Å². The average Bonchev–Trinajstić information content (AvgIpc) is 2.10. The molecular formula is C20H42. The molecule has 0 N–H and O–H groups in total. The Hall–Kier alpha value is 0. The fourth-order valence-electron chi connectivity index (χ4n) is 4.02. The second-order valence-corrected chi connectivity index (χ2v) is 10.1. The summed E-state index contributed by atoms with van der Waals surface area (Å²) >= 11 is 0. The summed E-state index contributed by atoms with van der Waals surface area (Å²) in [5, 5.41) is 0. The normalized spacial score (nSPS) is 18.1. The van der Waals surface area contributed by atoms with Gasteiger partial charge in [-0.3, -0.25) is 0 Å². The zero-order valence-electron chi connectivity index (χ0n) is 16.1. The lowest BCUT2D eigenvalue weighted by molar-refractivity contribution is 0.172. The summed E-state index contributed by atoms with van der Waals surface area (Å²) in [6.07, 6.45) is 5.51. The summed E-state index contributed by atoms with van der Waals surface area (Å²) in [6.45, 7) is 24.0. The van der Waals surface area contributed by atoms with Crippen LogP contribution < -0.4 is 0 Å². The highest BCUT2D eigenvalue weighted by molar-refractivity contribution is 4.76. The van der Waals surface area contributed by atoms with Gasteiger partial charge in [-0.25, -0.2) is 0 Å². The van der Waals surface area contributed by atoms with Gasteiger partial charge in [-0.15, -0.1) is 0 Å². The van der Waals surface area contributed by atoms with E-state index in [0.29, 0.717) is 10.8 Å². The van der Waals surface area contributed by atoms with Crippen molar-refractivity contribution in [3.63, 3.8) is 0 Å². The molecule has 0 aliphatic heterocycles. The summed E-state index contributed by atoms with van der Waals surface area (Å²) < 4.78 is 0. The second-order valence-electron chi connectivity index (χ2n) is 10.1. The van der Waals surface area contributed by atoms with E-state index in [4.69, 9.17) is 0 Å². The Labute approximate surface area is 130 Å². The van der Waals surface area contributed by atoms with Gasteiger partial charge in [-0.05, 0) is 53.8 Å². The lowest BCUT2D eigenvalue weighted by Crippen LogP contribution is -2.23. The van der Waals surface area contributed by atoms with Crippen LogP contribution >= 0.6 is 0 Å². The van der Waals surface area contributed by atoms with Gasteiger partial charge in [0.15, 0.2) is 0 Å². The highest BCUT2D eigenvalue weighted by Gasteiger charge is 2.26. The predicted molar refractivity (Wildman–Crippen MR) is 94.0 cm³/mol. The van der Waals surface area contributed by atoms with E-state index in [9.17, 15) is 0 Å². The van der Waals surface area contributed by atoms with Crippen molar-refractivity contribution in [2.24, 2.45) is 34.5 Å². The lowest BCUT2D eigenvalue weighted by atomic mass is 9.72. The van der Waals surface area contributed by atoms with Gasteiger partial charge < -0.3 is 0 Å². The highest BCUT2D eigenvalue weighted by Crippen LogP contribution is 2.36. The number of hydrogen-bond donors (Lipinski definition) is 0. The first-order valence-corrected chi connectivity index (χ1v) is 8.82. The Morgan fingerprint density at radius 2 is 1.10 bits per heavy atom. The van der Waals surface area contributed by atoms with Crippen molar-refractivity contribution < 1.29 is 0 Å². The van der Waals surface area contributed by atoms with E-state index < -0.39 is 0 Å². The van der Waals surface area contributed by atoms with Crippen LogP contribution in [0.1, 0.15) is 94.9 Å². The van der Waals surface area contributed by atoms with E-state index in [2.05, 4.69) is 69.2 Å². The van der Waals surface area contributed by atoms with Crippen molar-refractivity contribution in [2.75, 3.05) is 0 Å². The fraction of sp³-hybridized carbons (Fsp3) is 1.00. The third kappa shape index (κ3) is 9.83. The van der Waals surface area contributed by atoms with Crippen LogP contribution in [0.2, 0.25) is 0 Å². The maximum absolute atomic E-state index is 2.48. The van der Waals surface area contributed by atoms with Crippen molar-refractivity contribution in [3.05, 3.63) is 0 Å². The van der Waals surface area contributed by atoms with Crippen LogP contribution in [0.25, 0.3) is 0 Å². The van der Waals surface area contributed by atoms with Crippen molar-refractivity contribution in [1.82, 2.24) is 0 Å². The standard InChI is InChI=1S/C20H42/c1-15(2)18(17(4)14-20(8,9)10)12-11-16(3)13-19(5,6)7/h15-18H,11-14H2,1-10H3. The molecule has 0 saturated carbocycles. The van der Waals surface area contributed by atoms with Crippen LogP contribution in [0, 0.1) is 34.5 Å². The predicted octanol–water partition coefficient (Wildman–Crippen LogP) is 7.18. The minimum absolute atomic E-state index is 0.462. The highest BCUT2D eigenvalue weighted by atomic mass is 14.3. The Morgan fingerprint density at radius 1 is 0.650 bits per heavy atom. The molecule has 0 spiro atoms. The molecule has 0 heterocycles. The molecule has 0 aromatic carbocycles. The summed E-state index contributed by atoms with van der Waals surface area (Å²) in [7, 11) is 0. The molecule has 0 nitrogen and oxygen atoms in total. The molecule has 0 fully saturated rings. The second kappa shape index (κ2) is 7.85. The van der Waals surface area contributed by atoms with E-state index in [1.54, 1.807) is 0 Å². The summed E-state index contributed by atoms with van der Waals surface area (Å²) in [4.78, 5) is 0. The zero-order chi connectivity index (χ0) is 16.1. The third-order valence-corrected chi connectivity index (χ3v) is 4.48. The Morgan fingerprint density at radius 3 is 1.45 bits per heavy atom. The van der Waals surface area contributed by atoms with E-state index in [1.807, 2.05) is 0 Å². The molecule has 0 amide bonds.